The summed E-state index contributed by atoms with van der Waals surface area (Å²) >= 11 is 5.98. The zero-order valence-electron chi connectivity index (χ0n) is 7.11. The lowest BCUT2D eigenvalue weighted by molar-refractivity contribution is -0.275. The molecule has 15 heavy (non-hydrogen) atoms. The number of alkyl halides is 3. The van der Waals surface area contributed by atoms with Gasteiger partial charge in [-0.25, -0.2) is 0 Å². The molecule has 0 aliphatic rings. The van der Waals surface area contributed by atoms with Gasteiger partial charge in [-0.3, -0.25) is 4.98 Å². The Morgan fingerprint density at radius 1 is 1.40 bits per heavy atom. The van der Waals surface area contributed by atoms with Crippen molar-refractivity contribution < 1.29 is 17.9 Å². The SMILES string of the molecule is NCc1ncc(Br)c(Br)c1OC(F)(F)F. The molecule has 0 fully saturated rings. The monoisotopic (exact) mass is 348 g/mol. The van der Waals surface area contributed by atoms with Gasteiger partial charge in [-0.2, -0.15) is 0 Å². The van der Waals surface area contributed by atoms with Crippen LogP contribution in [0.3, 0.4) is 0 Å². The third-order valence-electron chi connectivity index (χ3n) is 1.42. The van der Waals surface area contributed by atoms with E-state index in [-0.39, 0.29) is 16.7 Å². The minimum atomic E-state index is -4.77. The first-order valence-electron chi connectivity index (χ1n) is 3.64. The molecule has 1 aromatic heterocycles. The van der Waals surface area contributed by atoms with Crippen molar-refractivity contribution in [3.05, 3.63) is 20.8 Å². The van der Waals surface area contributed by atoms with Crippen LogP contribution in [0.1, 0.15) is 5.69 Å². The van der Waals surface area contributed by atoms with Crippen LogP contribution in [-0.2, 0) is 6.54 Å². The summed E-state index contributed by atoms with van der Waals surface area (Å²) in [5.74, 6) is -0.417. The molecule has 0 atom stereocenters. The van der Waals surface area contributed by atoms with E-state index in [2.05, 4.69) is 41.6 Å². The first-order chi connectivity index (χ1) is 6.85. The standard InChI is InChI=1S/C7H5Br2F3N2O/c8-3-2-14-4(1-13)6(5(3)9)15-7(10,11)12/h2H,1,13H2. The molecule has 0 radical (unpaired) electrons. The van der Waals surface area contributed by atoms with Gasteiger partial charge < -0.3 is 10.5 Å². The summed E-state index contributed by atoms with van der Waals surface area (Å²) in [6.45, 7) is -0.142. The zero-order valence-corrected chi connectivity index (χ0v) is 10.3. The van der Waals surface area contributed by atoms with E-state index in [0.717, 1.165) is 0 Å². The number of halogens is 5. The number of hydrogen-bond donors (Lipinski definition) is 1. The topological polar surface area (TPSA) is 48.1 Å². The number of ether oxygens (including phenoxy) is 1. The quantitative estimate of drug-likeness (QED) is 0.893. The normalized spacial score (nSPS) is 11.6. The van der Waals surface area contributed by atoms with Crippen molar-refractivity contribution >= 4 is 31.9 Å². The molecular weight excluding hydrogens is 345 g/mol. The summed E-state index contributed by atoms with van der Waals surface area (Å²) < 4.78 is 40.4. The van der Waals surface area contributed by atoms with Crippen molar-refractivity contribution in [2.45, 2.75) is 12.9 Å². The Hall–Kier alpha value is -0.340. The summed E-state index contributed by atoms with van der Waals surface area (Å²) in [6, 6.07) is 0. The molecule has 8 heteroatoms. The maximum Gasteiger partial charge on any atom is 0.573 e. The summed E-state index contributed by atoms with van der Waals surface area (Å²) in [5.41, 5.74) is 5.27. The molecule has 0 aliphatic heterocycles. The van der Waals surface area contributed by atoms with E-state index >= 15 is 0 Å². The highest BCUT2D eigenvalue weighted by Crippen LogP contribution is 2.37. The van der Waals surface area contributed by atoms with Crippen LogP contribution in [0.4, 0.5) is 13.2 Å². The minimum absolute atomic E-state index is 0.0300. The molecule has 0 bridgehead atoms. The third kappa shape index (κ3) is 3.32. The van der Waals surface area contributed by atoms with Gasteiger partial charge in [0, 0.05) is 12.7 Å². The Morgan fingerprint density at radius 3 is 2.47 bits per heavy atom. The predicted octanol–water partition coefficient (Wildman–Crippen LogP) is 2.96. The Kier molecular flexibility index (Phi) is 3.96. The van der Waals surface area contributed by atoms with E-state index in [9.17, 15) is 13.2 Å². The highest BCUT2D eigenvalue weighted by atomic mass is 79.9. The van der Waals surface area contributed by atoms with Crippen molar-refractivity contribution in [3.8, 4) is 5.75 Å². The van der Waals surface area contributed by atoms with E-state index in [1.165, 1.54) is 6.20 Å². The molecule has 0 unspecified atom stereocenters. The van der Waals surface area contributed by atoms with Gasteiger partial charge in [-0.05, 0) is 31.9 Å². The van der Waals surface area contributed by atoms with E-state index in [4.69, 9.17) is 5.73 Å². The Bertz CT molecular complexity index is 370. The number of aromatic nitrogens is 1. The molecular formula is C7H5Br2F3N2O. The van der Waals surface area contributed by atoms with E-state index in [1.807, 2.05) is 0 Å². The van der Waals surface area contributed by atoms with Crippen LogP contribution in [0.5, 0.6) is 5.75 Å². The molecule has 0 spiro atoms. The van der Waals surface area contributed by atoms with Gasteiger partial charge >= 0.3 is 6.36 Å². The average Bonchev–Trinajstić information content (AvgIpc) is 2.11. The second kappa shape index (κ2) is 4.67. The first kappa shape index (κ1) is 12.7. The predicted molar refractivity (Wildman–Crippen MR) is 54.2 cm³/mol. The summed E-state index contributed by atoms with van der Waals surface area (Å²) in [6.07, 6.45) is -3.43. The highest BCUT2D eigenvalue weighted by molar-refractivity contribution is 9.13. The molecule has 0 aromatic carbocycles. The maximum atomic E-state index is 12.0. The van der Waals surface area contributed by atoms with Crippen LogP contribution in [-0.4, -0.2) is 11.3 Å². The molecule has 0 saturated carbocycles. The Morgan fingerprint density at radius 2 is 2.00 bits per heavy atom. The molecule has 0 amide bonds. The zero-order chi connectivity index (χ0) is 11.6. The van der Waals surface area contributed by atoms with Crippen LogP contribution in [0, 0.1) is 0 Å². The smallest absolute Gasteiger partial charge is 0.403 e. The van der Waals surface area contributed by atoms with Crippen LogP contribution in [0.2, 0.25) is 0 Å². The number of nitrogens with zero attached hydrogens (tertiary/aromatic N) is 1. The van der Waals surface area contributed by atoms with Gasteiger partial charge in [-0.15, -0.1) is 13.2 Å². The van der Waals surface area contributed by atoms with E-state index < -0.39 is 12.1 Å². The molecule has 1 aromatic rings. The van der Waals surface area contributed by atoms with E-state index in [1.54, 1.807) is 0 Å². The largest absolute Gasteiger partial charge is 0.573 e. The molecule has 1 heterocycles. The number of hydrogen-bond acceptors (Lipinski definition) is 3. The Labute approximate surface area is 100 Å². The van der Waals surface area contributed by atoms with Crippen LogP contribution < -0.4 is 10.5 Å². The fourth-order valence-corrected chi connectivity index (χ4v) is 1.54. The van der Waals surface area contributed by atoms with Gasteiger partial charge in [-0.1, -0.05) is 0 Å². The highest BCUT2D eigenvalue weighted by Gasteiger charge is 2.33. The maximum absolute atomic E-state index is 12.0. The van der Waals surface area contributed by atoms with Crippen molar-refractivity contribution in [3.63, 3.8) is 0 Å². The molecule has 2 N–H and O–H groups in total. The molecule has 0 aliphatic carbocycles. The van der Waals surface area contributed by atoms with Gasteiger partial charge in [0.05, 0.1) is 14.6 Å². The lowest BCUT2D eigenvalue weighted by atomic mass is 10.3. The second-order valence-electron chi connectivity index (χ2n) is 2.45. The number of pyridine rings is 1. The van der Waals surface area contributed by atoms with Gasteiger partial charge in [0.1, 0.15) is 0 Å². The van der Waals surface area contributed by atoms with Crippen LogP contribution in [0.25, 0.3) is 0 Å². The molecule has 3 nitrogen and oxygen atoms in total. The summed E-state index contributed by atoms with van der Waals surface area (Å²) in [5, 5.41) is 0. The Balaban J connectivity index is 3.18. The van der Waals surface area contributed by atoms with Crippen molar-refractivity contribution in [2.24, 2.45) is 5.73 Å². The first-order valence-corrected chi connectivity index (χ1v) is 5.22. The number of nitrogens with two attached hydrogens (primary N) is 1. The fourth-order valence-electron chi connectivity index (χ4n) is 0.850. The minimum Gasteiger partial charge on any atom is -0.403 e. The van der Waals surface area contributed by atoms with Gasteiger partial charge in [0.2, 0.25) is 0 Å². The molecule has 0 saturated heterocycles. The number of rotatable bonds is 2. The van der Waals surface area contributed by atoms with Crippen LogP contribution in [0.15, 0.2) is 15.1 Å². The third-order valence-corrected chi connectivity index (χ3v) is 3.34. The summed E-state index contributed by atoms with van der Waals surface area (Å²) in [4.78, 5) is 3.71. The van der Waals surface area contributed by atoms with E-state index in [0.29, 0.717) is 4.47 Å². The van der Waals surface area contributed by atoms with Gasteiger partial charge in [0.15, 0.2) is 5.75 Å². The summed E-state index contributed by atoms with van der Waals surface area (Å²) in [7, 11) is 0. The van der Waals surface area contributed by atoms with Gasteiger partial charge in [0.25, 0.3) is 0 Å². The van der Waals surface area contributed by atoms with Crippen molar-refractivity contribution in [1.82, 2.24) is 4.98 Å². The fraction of sp³-hybridized carbons (Fsp3) is 0.286. The van der Waals surface area contributed by atoms with Crippen molar-refractivity contribution in [1.29, 1.82) is 0 Å². The molecule has 1 rings (SSSR count). The average molecular weight is 350 g/mol. The van der Waals surface area contributed by atoms with Crippen LogP contribution >= 0.6 is 31.9 Å². The second-order valence-corrected chi connectivity index (χ2v) is 4.10. The van der Waals surface area contributed by atoms with Crippen molar-refractivity contribution in [2.75, 3.05) is 0 Å². The lowest BCUT2D eigenvalue weighted by Crippen LogP contribution is -2.19. The molecule has 84 valence electrons. The lowest BCUT2D eigenvalue weighted by Gasteiger charge is -2.13.